The van der Waals surface area contributed by atoms with E-state index in [-0.39, 0.29) is 5.57 Å². The number of amides is 1. The predicted molar refractivity (Wildman–Crippen MR) is 86.1 cm³/mol. The zero-order chi connectivity index (χ0) is 17.3. The summed E-state index contributed by atoms with van der Waals surface area (Å²) in [6.07, 6.45) is 5.00. The number of fused-ring (bicyclic) bond motifs is 1. The summed E-state index contributed by atoms with van der Waals surface area (Å²) in [7, 11) is 0. The molecule has 1 aromatic rings. The Balaban J connectivity index is 1.91. The first-order valence-electron chi connectivity index (χ1n) is 6.84. The van der Waals surface area contributed by atoms with Gasteiger partial charge in [0.2, 0.25) is 6.20 Å². The summed E-state index contributed by atoms with van der Waals surface area (Å²) in [5.41, 5.74) is 1.26. The van der Waals surface area contributed by atoms with Gasteiger partial charge in [-0.3, -0.25) is 19.9 Å². The molecule has 3 heterocycles. The first-order valence-corrected chi connectivity index (χ1v) is 7.78. The number of nitrogens with zero attached hydrogens (tertiary/aromatic N) is 3. The lowest BCUT2D eigenvalue weighted by atomic mass is 9.96. The van der Waals surface area contributed by atoms with Crippen molar-refractivity contribution < 1.29 is 19.6 Å². The van der Waals surface area contributed by atoms with Gasteiger partial charge in [-0.1, -0.05) is 6.07 Å². The van der Waals surface area contributed by atoms with Crippen molar-refractivity contribution in [2.75, 3.05) is 0 Å². The molecule has 0 spiro atoms. The van der Waals surface area contributed by atoms with Gasteiger partial charge in [-0.15, -0.1) is 11.8 Å². The van der Waals surface area contributed by atoms with Gasteiger partial charge in [-0.05, 0) is 29.2 Å². The van der Waals surface area contributed by atoms with E-state index in [9.17, 15) is 24.8 Å². The van der Waals surface area contributed by atoms with Crippen molar-refractivity contribution in [2.24, 2.45) is 0 Å². The highest BCUT2D eigenvalue weighted by Gasteiger charge is 2.51. The summed E-state index contributed by atoms with van der Waals surface area (Å²) in [5.74, 6) is -1.64. The fourth-order valence-corrected chi connectivity index (χ4v) is 3.65. The fourth-order valence-electron chi connectivity index (χ4n) is 2.50. The van der Waals surface area contributed by atoms with E-state index in [0.717, 1.165) is 6.08 Å². The second-order valence-electron chi connectivity index (χ2n) is 5.01. The monoisotopic (exact) mass is 345 g/mol. The Morgan fingerprint density at radius 1 is 1.46 bits per heavy atom. The first-order chi connectivity index (χ1) is 11.5. The van der Waals surface area contributed by atoms with Gasteiger partial charge in [0, 0.05) is 12.3 Å². The van der Waals surface area contributed by atoms with Crippen LogP contribution in [0.2, 0.25) is 0 Å². The minimum Gasteiger partial charge on any atom is -0.479 e. The van der Waals surface area contributed by atoms with Crippen LogP contribution in [0.4, 0.5) is 0 Å². The minimum absolute atomic E-state index is 0.200. The van der Waals surface area contributed by atoms with Gasteiger partial charge < -0.3 is 10.0 Å². The van der Waals surface area contributed by atoms with Gasteiger partial charge in [0.1, 0.15) is 5.37 Å². The SMILES string of the molecule is O=C(O)C1C(/C=C/[N+](=O)[O-])=CS[C@H]2/C(=C\c3ccccn3)C(=O)N12. The number of hydrogen-bond donors (Lipinski definition) is 1. The van der Waals surface area contributed by atoms with E-state index < -0.39 is 28.2 Å². The van der Waals surface area contributed by atoms with Crippen LogP contribution in [0.1, 0.15) is 5.69 Å². The van der Waals surface area contributed by atoms with Gasteiger partial charge in [0.25, 0.3) is 5.91 Å². The van der Waals surface area contributed by atoms with Crippen LogP contribution in [0, 0.1) is 10.1 Å². The average molecular weight is 345 g/mol. The smallest absolute Gasteiger partial charge is 0.331 e. The van der Waals surface area contributed by atoms with Crippen molar-refractivity contribution in [1.82, 2.24) is 9.88 Å². The Labute approximate surface area is 140 Å². The highest BCUT2D eigenvalue weighted by Crippen LogP contribution is 2.43. The molecule has 24 heavy (non-hydrogen) atoms. The molecule has 3 rings (SSSR count). The molecule has 2 aliphatic rings. The molecule has 1 fully saturated rings. The molecule has 0 aliphatic carbocycles. The van der Waals surface area contributed by atoms with E-state index >= 15 is 0 Å². The number of β-lactam (4-membered cyclic amide) rings is 1. The van der Waals surface area contributed by atoms with Crippen LogP contribution in [0.15, 0.2) is 53.2 Å². The minimum atomic E-state index is -1.24. The van der Waals surface area contributed by atoms with Crippen LogP contribution in [-0.4, -0.2) is 43.2 Å². The lowest BCUT2D eigenvalue weighted by Crippen LogP contribution is -2.61. The summed E-state index contributed by atoms with van der Waals surface area (Å²) in [5, 5.41) is 21.0. The summed E-state index contributed by atoms with van der Waals surface area (Å²) >= 11 is 1.23. The number of carbonyl (C=O) groups is 2. The van der Waals surface area contributed by atoms with Gasteiger partial charge in [-0.2, -0.15) is 0 Å². The first kappa shape index (κ1) is 15.9. The van der Waals surface area contributed by atoms with Crippen LogP contribution in [0.5, 0.6) is 0 Å². The van der Waals surface area contributed by atoms with E-state index in [4.69, 9.17) is 0 Å². The van der Waals surface area contributed by atoms with Crippen LogP contribution in [0.25, 0.3) is 6.08 Å². The maximum absolute atomic E-state index is 12.4. The molecule has 122 valence electrons. The Bertz CT molecular complexity index is 803. The molecule has 0 radical (unpaired) electrons. The summed E-state index contributed by atoms with van der Waals surface area (Å²) in [6.45, 7) is 0. The highest BCUT2D eigenvalue weighted by atomic mass is 32.2. The molecular formula is C15H11N3O5S. The third kappa shape index (κ3) is 2.81. The third-order valence-electron chi connectivity index (χ3n) is 3.54. The number of nitro groups is 1. The number of rotatable bonds is 4. The molecule has 2 atom stereocenters. The molecule has 1 saturated heterocycles. The van der Waals surface area contributed by atoms with Crippen molar-refractivity contribution >= 4 is 29.7 Å². The standard InChI is InChI=1S/C15H11N3O5S/c19-13-11(7-10-3-1-2-5-16-10)14-18(13)12(15(20)21)9(8-24-14)4-6-17(22)23/h1-8,12,14H,(H,20,21)/b6-4+,11-7-/t12?,14-/m0/s1. The Morgan fingerprint density at radius 3 is 2.88 bits per heavy atom. The van der Waals surface area contributed by atoms with Gasteiger partial charge in [-0.25, -0.2) is 4.79 Å². The lowest BCUT2D eigenvalue weighted by molar-refractivity contribution is -0.402. The molecule has 1 amide bonds. The topological polar surface area (TPSA) is 114 Å². The number of thioether (sulfide) groups is 1. The molecule has 0 saturated carbocycles. The maximum atomic E-state index is 12.4. The molecular weight excluding hydrogens is 334 g/mol. The highest BCUT2D eigenvalue weighted by molar-refractivity contribution is 8.03. The second kappa shape index (κ2) is 6.28. The van der Waals surface area contributed by atoms with E-state index in [0.29, 0.717) is 17.5 Å². The van der Waals surface area contributed by atoms with Gasteiger partial charge in [0.05, 0.1) is 16.2 Å². The quantitative estimate of drug-likeness (QED) is 0.381. The molecule has 0 bridgehead atoms. The van der Waals surface area contributed by atoms with Crippen molar-refractivity contribution in [3.63, 3.8) is 0 Å². The molecule has 0 aromatic carbocycles. The number of carbonyl (C=O) groups excluding carboxylic acids is 1. The van der Waals surface area contributed by atoms with Crippen LogP contribution in [0.3, 0.4) is 0 Å². The number of carboxylic acids is 1. The predicted octanol–water partition coefficient (Wildman–Crippen LogP) is 1.51. The molecule has 1 unspecified atom stereocenters. The molecule has 9 heteroatoms. The van der Waals surface area contributed by atoms with E-state index in [1.807, 2.05) is 0 Å². The summed E-state index contributed by atoms with van der Waals surface area (Å²) in [6, 6.07) is 4.05. The van der Waals surface area contributed by atoms with Gasteiger partial charge >= 0.3 is 5.97 Å². The largest absolute Gasteiger partial charge is 0.479 e. The van der Waals surface area contributed by atoms with E-state index in [1.54, 1.807) is 35.9 Å². The average Bonchev–Trinajstić information content (AvgIpc) is 2.57. The van der Waals surface area contributed by atoms with Gasteiger partial charge in [0.15, 0.2) is 6.04 Å². The molecule has 1 aromatic heterocycles. The second-order valence-corrected chi connectivity index (χ2v) is 5.97. The summed E-state index contributed by atoms with van der Waals surface area (Å²) in [4.78, 5) is 39.0. The van der Waals surface area contributed by atoms with E-state index in [1.165, 1.54) is 16.7 Å². The van der Waals surface area contributed by atoms with Crippen molar-refractivity contribution in [3.8, 4) is 0 Å². The Hall–Kier alpha value is -2.94. The fraction of sp³-hybridized carbons (Fsp3) is 0.133. The summed E-state index contributed by atoms with van der Waals surface area (Å²) < 4.78 is 0. The van der Waals surface area contributed by atoms with Crippen molar-refractivity contribution in [2.45, 2.75) is 11.4 Å². The molecule has 1 N–H and O–H groups in total. The van der Waals surface area contributed by atoms with E-state index in [2.05, 4.69) is 4.98 Å². The number of pyridine rings is 1. The number of carboxylic acid groups (broad SMARTS) is 1. The number of aromatic nitrogens is 1. The zero-order valence-corrected chi connectivity index (χ0v) is 12.9. The zero-order valence-electron chi connectivity index (χ0n) is 12.1. The molecule has 8 nitrogen and oxygen atoms in total. The van der Waals surface area contributed by atoms with Crippen LogP contribution >= 0.6 is 11.8 Å². The maximum Gasteiger partial charge on any atom is 0.331 e. The Morgan fingerprint density at radius 2 is 2.25 bits per heavy atom. The lowest BCUT2D eigenvalue weighted by Gasteiger charge is -2.47. The molecule has 2 aliphatic heterocycles. The number of hydrogen-bond acceptors (Lipinski definition) is 6. The van der Waals surface area contributed by atoms with Crippen LogP contribution in [-0.2, 0) is 9.59 Å². The third-order valence-corrected chi connectivity index (χ3v) is 4.69. The number of aliphatic carboxylic acids is 1. The normalized spacial score (nSPS) is 24.5. The Kier molecular flexibility index (Phi) is 4.17. The van der Waals surface area contributed by atoms with Crippen molar-refractivity contribution in [1.29, 1.82) is 0 Å². The van der Waals surface area contributed by atoms with Crippen LogP contribution < -0.4 is 0 Å². The van der Waals surface area contributed by atoms with Crippen molar-refractivity contribution in [3.05, 3.63) is 69.0 Å².